The molecule has 0 fully saturated rings. The van der Waals surface area contributed by atoms with Crippen molar-refractivity contribution < 1.29 is 22.7 Å². The predicted molar refractivity (Wildman–Crippen MR) is 96.8 cm³/mol. The molecule has 1 atom stereocenters. The van der Waals surface area contributed by atoms with Crippen LogP contribution in [0.15, 0.2) is 36.4 Å². The molecule has 0 saturated carbocycles. The van der Waals surface area contributed by atoms with Gasteiger partial charge < -0.3 is 15.8 Å². The van der Waals surface area contributed by atoms with Gasteiger partial charge in [-0.2, -0.15) is 0 Å². The summed E-state index contributed by atoms with van der Waals surface area (Å²) in [4.78, 5) is 11.8. The highest BCUT2D eigenvalue weighted by atomic mass is 19.4. The second-order valence-electron chi connectivity index (χ2n) is 6.52. The summed E-state index contributed by atoms with van der Waals surface area (Å²) >= 11 is 0. The molecule has 0 heterocycles. The molecular formula is C20H21F3N2O2. The third-order valence-electron chi connectivity index (χ3n) is 4.81. The third-order valence-corrected chi connectivity index (χ3v) is 4.81. The van der Waals surface area contributed by atoms with E-state index in [1.165, 1.54) is 11.6 Å². The average Bonchev–Trinajstić information content (AvgIpc) is 2.61. The van der Waals surface area contributed by atoms with Crippen LogP contribution in [0.5, 0.6) is 5.75 Å². The Bertz CT molecular complexity index is 850. The van der Waals surface area contributed by atoms with Crippen molar-refractivity contribution in [3.63, 3.8) is 0 Å². The van der Waals surface area contributed by atoms with Crippen molar-refractivity contribution >= 4 is 11.6 Å². The van der Waals surface area contributed by atoms with E-state index in [9.17, 15) is 18.0 Å². The molecule has 1 aliphatic carbocycles. The summed E-state index contributed by atoms with van der Waals surface area (Å²) in [6.45, 7) is 1.76. The highest BCUT2D eigenvalue weighted by Crippen LogP contribution is 2.40. The lowest BCUT2D eigenvalue weighted by Gasteiger charge is -2.29. The molecule has 0 bridgehead atoms. The summed E-state index contributed by atoms with van der Waals surface area (Å²) in [5, 5.41) is 3.21. The number of fused-ring (bicyclic) bond motifs is 1. The minimum Gasteiger partial charge on any atom is -0.404 e. The average molecular weight is 378 g/mol. The Labute approximate surface area is 155 Å². The van der Waals surface area contributed by atoms with Gasteiger partial charge in [-0.05, 0) is 54.5 Å². The summed E-state index contributed by atoms with van der Waals surface area (Å²) in [5.41, 5.74) is 8.43. The van der Waals surface area contributed by atoms with Gasteiger partial charge in [0, 0.05) is 5.56 Å². The number of alkyl halides is 3. The van der Waals surface area contributed by atoms with Gasteiger partial charge >= 0.3 is 6.36 Å². The number of hydrogen-bond acceptors (Lipinski definition) is 3. The molecular weight excluding hydrogens is 357 g/mol. The van der Waals surface area contributed by atoms with Crippen molar-refractivity contribution in [3.8, 4) is 5.75 Å². The van der Waals surface area contributed by atoms with Gasteiger partial charge in [-0.1, -0.05) is 31.2 Å². The molecule has 0 aliphatic heterocycles. The lowest BCUT2D eigenvalue weighted by Crippen LogP contribution is -2.23. The molecule has 1 amide bonds. The molecule has 1 aliphatic rings. The highest BCUT2D eigenvalue weighted by Gasteiger charge is 2.34. The number of carbonyl (C=O) groups is 1. The van der Waals surface area contributed by atoms with E-state index in [0.29, 0.717) is 12.0 Å². The summed E-state index contributed by atoms with van der Waals surface area (Å²) < 4.78 is 42.9. The monoisotopic (exact) mass is 378 g/mol. The largest absolute Gasteiger partial charge is 0.573 e. The number of benzene rings is 2. The fourth-order valence-electron chi connectivity index (χ4n) is 3.67. The Kier molecular flexibility index (Phi) is 5.30. The number of halogens is 3. The maximum Gasteiger partial charge on any atom is 0.573 e. The normalized spacial score (nSPS) is 16.5. The molecule has 0 spiro atoms. The summed E-state index contributed by atoms with van der Waals surface area (Å²) in [5.74, 6) is -1.04. The van der Waals surface area contributed by atoms with E-state index in [-0.39, 0.29) is 23.0 Å². The van der Waals surface area contributed by atoms with Crippen LogP contribution in [0.4, 0.5) is 18.9 Å². The van der Waals surface area contributed by atoms with Crippen LogP contribution >= 0.6 is 0 Å². The lowest BCUT2D eigenvalue weighted by molar-refractivity contribution is -0.274. The first kappa shape index (κ1) is 19.1. The molecule has 0 radical (unpaired) electrons. The third kappa shape index (κ3) is 4.18. The van der Waals surface area contributed by atoms with Crippen LogP contribution in [-0.4, -0.2) is 12.3 Å². The van der Waals surface area contributed by atoms with E-state index in [4.69, 9.17) is 5.73 Å². The molecule has 3 N–H and O–H groups in total. The van der Waals surface area contributed by atoms with Crippen LogP contribution in [-0.2, 0) is 12.8 Å². The number of rotatable bonds is 5. The Hall–Kier alpha value is -2.70. The molecule has 1 unspecified atom stereocenters. The van der Waals surface area contributed by atoms with Gasteiger partial charge in [0.2, 0.25) is 5.91 Å². The Morgan fingerprint density at radius 2 is 2.00 bits per heavy atom. The van der Waals surface area contributed by atoms with Crippen LogP contribution in [0.25, 0.3) is 0 Å². The van der Waals surface area contributed by atoms with E-state index in [1.807, 2.05) is 24.3 Å². The fourth-order valence-corrected chi connectivity index (χ4v) is 3.67. The summed E-state index contributed by atoms with van der Waals surface area (Å²) in [6.07, 6.45) is -1.88. The van der Waals surface area contributed by atoms with Gasteiger partial charge in [0.1, 0.15) is 0 Å². The van der Waals surface area contributed by atoms with Crippen LogP contribution in [0.1, 0.15) is 52.9 Å². The zero-order chi connectivity index (χ0) is 19.6. The maximum absolute atomic E-state index is 12.9. The molecule has 0 aromatic heterocycles. The number of nitrogens with two attached hydrogens (primary N) is 1. The zero-order valence-electron chi connectivity index (χ0n) is 14.9. The van der Waals surface area contributed by atoms with Crippen LogP contribution in [0.3, 0.4) is 0 Å². The first-order valence-corrected chi connectivity index (χ1v) is 8.86. The molecule has 7 heteroatoms. The topological polar surface area (TPSA) is 64.4 Å². The summed E-state index contributed by atoms with van der Waals surface area (Å²) in [7, 11) is 0. The first-order valence-electron chi connectivity index (χ1n) is 8.86. The van der Waals surface area contributed by atoms with Crippen molar-refractivity contribution in [1.29, 1.82) is 0 Å². The van der Waals surface area contributed by atoms with Crippen LogP contribution < -0.4 is 15.8 Å². The van der Waals surface area contributed by atoms with Crippen molar-refractivity contribution in [2.24, 2.45) is 5.73 Å². The smallest absolute Gasteiger partial charge is 0.404 e. The van der Waals surface area contributed by atoms with Crippen molar-refractivity contribution in [2.75, 3.05) is 5.32 Å². The standard InChI is InChI=1S/C20H21F3N2O2/c1-2-13-15(19(24)26)10-11-17(27-20(21,22)23)18(13)25-16-9-5-7-12-6-3-4-8-14(12)16/h3-4,6,8,10-11,16,25H,2,5,7,9H2,1H3,(H2,24,26). The van der Waals surface area contributed by atoms with E-state index in [0.717, 1.165) is 30.9 Å². The SMILES string of the molecule is CCc1c(C(N)=O)ccc(OC(F)(F)F)c1NC1CCCc2ccccc21. The van der Waals surface area contributed by atoms with E-state index >= 15 is 0 Å². The van der Waals surface area contributed by atoms with Crippen molar-refractivity contribution in [1.82, 2.24) is 0 Å². The van der Waals surface area contributed by atoms with Crippen molar-refractivity contribution in [3.05, 3.63) is 58.7 Å². The summed E-state index contributed by atoms with van der Waals surface area (Å²) in [6, 6.07) is 10.1. The first-order chi connectivity index (χ1) is 12.8. The number of hydrogen-bond donors (Lipinski definition) is 2. The molecule has 2 aromatic carbocycles. The van der Waals surface area contributed by atoms with Crippen LogP contribution in [0.2, 0.25) is 0 Å². The Morgan fingerprint density at radius 1 is 1.26 bits per heavy atom. The molecule has 2 aromatic rings. The Morgan fingerprint density at radius 3 is 2.67 bits per heavy atom. The second-order valence-corrected chi connectivity index (χ2v) is 6.52. The van der Waals surface area contributed by atoms with Gasteiger partial charge in [-0.3, -0.25) is 4.79 Å². The number of primary amides is 1. The minimum atomic E-state index is -4.83. The number of anilines is 1. The Balaban J connectivity index is 2.07. The lowest BCUT2D eigenvalue weighted by atomic mass is 9.87. The molecule has 27 heavy (non-hydrogen) atoms. The number of ether oxygens (including phenoxy) is 1. The van der Waals surface area contributed by atoms with Crippen LogP contribution in [0, 0.1) is 0 Å². The van der Waals surface area contributed by atoms with Gasteiger partial charge in [0.15, 0.2) is 5.75 Å². The van der Waals surface area contributed by atoms with Crippen molar-refractivity contribution in [2.45, 2.75) is 45.0 Å². The predicted octanol–water partition coefficient (Wildman–Crippen LogP) is 4.74. The highest BCUT2D eigenvalue weighted by molar-refractivity contribution is 5.96. The number of carbonyl (C=O) groups excluding carboxylic acids is 1. The van der Waals surface area contributed by atoms with Gasteiger partial charge in [0.25, 0.3) is 0 Å². The van der Waals surface area contributed by atoms with Gasteiger partial charge in [-0.15, -0.1) is 13.2 Å². The second kappa shape index (κ2) is 7.50. The van der Waals surface area contributed by atoms with Gasteiger partial charge in [0.05, 0.1) is 11.7 Å². The number of nitrogens with one attached hydrogen (secondary N) is 1. The van der Waals surface area contributed by atoms with E-state index < -0.39 is 12.3 Å². The molecule has 144 valence electrons. The molecule has 0 saturated heterocycles. The zero-order valence-corrected chi connectivity index (χ0v) is 14.9. The number of aryl methyl sites for hydroxylation is 1. The fraction of sp³-hybridized carbons (Fsp3) is 0.350. The maximum atomic E-state index is 12.9. The minimum absolute atomic E-state index is 0.168. The van der Waals surface area contributed by atoms with E-state index in [1.54, 1.807) is 6.92 Å². The quantitative estimate of drug-likeness (QED) is 0.790. The molecule has 4 nitrogen and oxygen atoms in total. The van der Waals surface area contributed by atoms with E-state index in [2.05, 4.69) is 10.1 Å². The number of amides is 1. The molecule has 3 rings (SSSR count). The van der Waals surface area contributed by atoms with Gasteiger partial charge in [-0.25, -0.2) is 0 Å².